The summed E-state index contributed by atoms with van der Waals surface area (Å²) in [5.41, 5.74) is 2.43. The lowest BCUT2D eigenvalue weighted by atomic mass is 10.1. The Morgan fingerprint density at radius 1 is 1.46 bits per heavy atom. The van der Waals surface area contributed by atoms with Crippen molar-refractivity contribution in [1.29, 1.82) is 0 Å². The Hall–Kier alpha value is -0.690. The Morgan fingerprint density at radius 2 is 2.15 bits per heavy atom. The van der Waals surface area contributed by atoms with Crippen molar-refractivity contribution in [2.24, 2.45) is 0 Å². The Bertz CT molecular complexity index is 281. The molecular weight excluding hydrogens is 184 g/mol. The Labute approximate surface area is 84.7 Å². The third kappa shape index (κ3) is 2.92. The van der Waals surface area contributed by atoms with E-state index in [4.69, 9.17) is 16.3 Å². The van der Waals surface area contributed by atoms with Crippen LogP contribution in [0.5, 0.6) is 5.75 Å². The molecule has 0 saturated carbocycles. The summed E-state index contributed by atoms with van der Waals surface area (Å²) < 4.78 is 5.17. The van der Waals surface area contributed by atoms with Crippen LogP contribution in [-0.2, 0) is 6.42 Å². The summed E-state index contributed by atoms with van der Waals surface area (Å²) in [5.74, 6) is 0.936. The smallest absolute Gasteiger partial charge is 0.121 e. The molecule has 0 saturated heterocycles. The number of methoxy groups -OCH3 is 1. The van der Waals surface area contributed by atoms with Gasteiger partial charge in [-0.2, -0.15) is 0 Å². The van der Waals surface area contributed by atoms with Crippen molar-refractivity contribution in [2.45, 2.75) is 25.6 Å². The molecule has 1 rings (SSSR count). The molecule has 0 N–H and O–H groups in total. The maximum atomic E-state index is 5.91. The fourth-order valence-electron chi connectivity index (χ4n) is 1.39. The van der Waals surface area contributed by atoms with Gasteiger partial charge in [-0.15, -0.1) is 11.6 Å². The van der Waals surface area contributed by atoms with Gasteiger partial charge < -0.3 is 4.74 Å². The molecule has 2 heteroatoms. The first-order valence-corrected chi connectivity index (χ1v) is 4.84. The van der Waals surface area contributed by atoms with Crippen molar-refractivity contribution in [3.05, 3.63) is 29.3 Å². The van der Waals surface area contributed by atoms with Crippen molar-refractivity contribution in [3.63, 3.8) is 0 Å². The van der Waals surface area contributed by atoms with Crippen molar-refractivity contribution in [2.75, 3.05) is 7.11 Å². The third-order valence-corrected chi connectivity index (χ3v) is 2.13. The van der Waals surface area contributed by atoms with Crippen LogP contribution in [0.1, 0.15) is 18.1 Å². The number of hydrogen-bond acceptors (Lipinski definition) is 1. The summed E-state index contributed by atoms with van der Waals surface area (Å²) in [7, 11) is 1.69. The van der Waals surface area contributed by atoms with E-state index >= 15 is 0 Å². The minimum absolute atomic E-state index is 0.188. The molecule has 0 amide bonds. The molecule has 1 nitrogen and oxygen atoms in total. The van der Waals surface area contributed by atoms with Gasteiger partial charge in [-0.1, -0.05) is 12.1 Å². The summed E-state index contributed by atoms with van der Waals surface area (Å²) in [6, 6.07) is 6.17. The number of rotatable bonds is 3. The van der Waals surface area contributed by atoms with Crippen LogP contribution in [-0.4, -0.2) is 12.5 Å². The fraction of sp³-hybridized carbons (Fsp3) is 0.455. The van der Waals surface area contributed by atoms with Gasteiger partial charge in [-0.3, -0.25) is 0 Å². The maximum absolute atomic E-state index is 5.91. The number of benzene rings is 1. The lowest BCUT2D eigenvalue weighted by Crippen LogP contribution is -1.98. The average molecular weight is 199 g/mol. The number of aryl methyl sites for hydroxylation is 1. The first-order valence-electron chi connectivity index (χ1n) is 4.41. The van der Waals surface area contributed by atoms with E-state index < -0.39 is 0 Å². The predicted molar refractivity (Wildman–Crippen MR) is 56.8 cm³/mol. The number of alkyl halides is 1. The minimum atomic E-state index is 0.188. The summed E-state index contributed by atoms with van der Waals surface area (Å²) in [4.78, 5) is 0. The van der Waals surface area contributed by atoms with E-state index in [1.807, 2.05) is 19.9 Å². The Kier molecular flexibility index (Phi) is 3.61. The van der Waals surface area contributed by atoms with E-state index in [-0.39, 0.29) is 5.38 Å². The van der Waals surface area contributed by atoms with E-state index in [1.165, 1.54) is 5.56 Å². The van der Waals surface area contributed by atoms with Gasteiger partial charge in [0.2, 0.25) is 0 Å². The molecule has 0 spiro atoms. The summed E-state index contributed by atoms with van der Waals surface area (Å²) in [6.45, 7) is 4.04. The second-order valence-electron chi connectivity index (χ2n) is 3.29. The number of halogens is 1. The Balaban J connectivity index is 2.83. The van der Waals surface area contributed by atoms with E-state index in [0.29, 0.717) is 0 Å². The standard InChI is InChI=1S/C11H15ClO/c1-8-6-10(7-9(2)12)4-5-11(8)13-3/h4-6,9H,7H2,1-3H3. The minimum Gasteiger partial charge on any atom is -0.496 e. The van der Waals surface area contributed by atoms with E-state index in [0.717, 1.165) is 17.7 Å². The van der Waals surface area contributed by atoms with E-state index in [9.17, 15) is 0 Å². The molecule has 0 bridgehead atoms. The van der Waals surface area contributed by atoms with Gasteiger partial charge >= 0.3 is 0 Å². The van der Waals surface area contributed by atoms with Crippen LogP contribution in [0.4, 0.5) is 0 Å². The summed E-state index contributed by atoms with van der Waals surface area (Å²) >= 11 is 5.91. The van der Waals surface area contributed by atoms with Crippen LogP contribution in [0.3, 0.4) is 0 Å². The van der Waals surface area contributed by atoms with Crippen LogP contribution in [0, 0.1) is 6.92 Å². The molecule has 1 aromatic rings. The lowest BCUT2D eigenvalue weighted by Gasteiger charge is -2.08. The molecule has 13 heavy (non-hydrogen) atoms. The quantitative estimate of drug-likeness (QED) is 0.678. The highest BCUT2D eigenvalue weighted by Gasteiger charge is 2.02. The highest BCUT2D eigenvalue weighted by Crippen LogP contribution is 2.19. The SMILES string of the molecule is COc1ccc(CC(C)Cl)cc1C. The van der Waals surface area contributed by atoms with E-state index in [2.05, 4.69) is 12.1 Å². The van der Waals surface area contributed by atoms with Crippen LogP contribution >= 0.6 is 11.6 Å². The van der Waals surface area contributed by atoms with Gasteiger partial charge in [-0.05, 0) is 37.5 Å². The molecule has 0 aliphatic heterocycles. The van der Waals surface area contributed by atoms with Crippen molar-refractivity contribution in [3.8, 4) is 5.75 Å². The van der Waals surface area contributed by atoms with Crippen molar-refractivity contribution < 1.29 is 4.74 Å². The van der Waals surface area contributed by atoms with Gasteiger partial charge in [0.1, 0.15) is 5.75 Å². The van der Waals surface area contributed by atoms with Crippen molar-refractivity contribution in [1.82, 2.24) is 0 Å². The predicted octanol–water partition coefficient (Wildman–Crippen LogP) is 3.17. The third-order valence-electron chi connectivity index (χ3n) is 1.98. The highest BCUT2D eigenvalue weighted by molar-refractivity contribution is 6.20. The van der Waals surface area contributed by atoms with Crippen LogP contribution in [0.2, 0.25) is 0 Å². The molecular formula is C11H15ClO. The van der Waals surface area contributed by atoms with Crippen LogP contribution < -0.4 is 4.74 Å². The van der Waals surface area contributed by atoms with E-state index in [1.54, 1.807) is 7.11 Å². The zero-order valence-corrected chi connectivity index (χ0v) is 9.06. The molecule has 72 valence electrons. The largest absolute Gasteiger partial charge is 0.496 e. The summed E-state index contributed by atoms with van der Waals surface area (Å²) in [5, 5.41) is 0.188. The number of ether oxygens (including phenoxy) is 1. The summed E-state index contributed by atoms with van der Waals surface area (Å²) in [6.07, 6.45) is 0.909. The zero-order chi connectivity index (χ0) is 9.84. The zero-order valence-electron chi connectivity index (χ0n) is 8.30. The fourth-order valence-corrected chi connectivity index (χ4v) is 1.57. The average Bonchev–Trinajstić information content (AvgIpc) is 2.03. The molecule has 1 aromatic carbocycles. The molecule has 0 fully saturated rings. The second-order valence-corrected chi connectivity index (χ2v) is 4.03. The molecule has 0 radical (unpaired) electrons. The molecule has 1 unspecified atom stereocenters. The van der Waals surface area contributed by atoms with Gasteiger partial charge in [0, 0.05) is 5.38 Å². The highest BCUT2D eigenvalue weighted by atomic mass is 35.5. The van der Waals surface area contributed by atoms with Gasteiger partial charge in [-0.25, -0.2) is 0 Å². The Morgan fingerprint density at radius 3 is 2.62 bits per heavy atom. The molecule has 0 aromatic heterocycles. The molecule has 0 heterocycles. The first-order chi connectivity index (χ1) is 6.13. The molecule has 0 aliphatic rings. The van der Waals surface area contributed by atoms with Gasteiger partial charge in [0.15, 0.2) is 0 Å². The molecule has 1 atom stereocenters. The first kappa shape index (κ1) is 10.4. The lowest BCUT2D eigenvalue weighted by molar-refractivity contribution is 0.411. The molecule has 0 aliphatic carbocycles. The normalized spacial score (nSPS) is 12.6. The van der Waals surface area contributed by atoms with Gasteiger partial charge in [0.25, 0.3) is 0 Å². The van der Waals surface area contributed by atoms with Crippen LogP contribution in [0.25, 0.3) is 0 Å². The number of hydrogen-bond donors (Lipinski definition) is 0. The van der Waals surface area contributed by atoms with Crippen molar-refractivity contribution >= 4 is 11.6 Å². The topological polar surface area (TPSA) is 9.23 Å². The monoisotopic (exact) mass is 198 g/mol. The maximum Gasteiger partial charge on any atom is 0.121 e. The van der Waals surface area contributed by atoms with Gasteiger partial charge in [0.05, 0.1) is 7.11 Å². The second kappa shape index (κ2) is 4.52. The van der Waals surface area contributed by atoms with Crippen LogP contribution in [0.15, 0.2) is 18.2 Å².